The zero-order chi connectivity index (χ0) is 30.9. The number of rotatable bonds is 4. The van der Waals surface area contributed by atoms with Gasteiger partial charge in [-0.2, -0.15) is 0 Å². The van der Waals surface area contributed by atoms with Crippen molar-refractivity contribution < 1.29 is 44.7 Å². The van der Waals surface area contributed by atoms with E-state index in [-0.39, 0.29) is 11.1 Å². The molecule has 3 aliphatic carbocycles. The predicted octanol–water partition coefficient (Wildman–Crippen LogP) is 0.580. The summed E-state index contributed by atoms with van der Waals surface area (Å²) in [7, 11) is 2.93. The number of amides is 2. The summed E-state index contributed by atoms with van der Waals surface area (Å²) >= 11 is 0. The quantitative estimate of drug-likeness (QED) is 0.198. The van der Waals surface area contributed by atoms with E-state index >= 15 is 0 Å². The maximum atomic E-state index is 13.9. The minimum atomic E-state index is -2.98. The van der Waals surface area contributed by atoms with E-state index in [1.54, 1.807) is 6.92 Å². The molecular weight excluding hydrogens is 534 g/mol. The van der Waals surface area contributed by atoms with Gasteiger partial charge in [-0.3, -0.25) is 24.1 Å². The Kier molecular flexibility index (Phi) is 7.18. The molecule has 0 heterocycles. The summed E-state index contributed by atoms with van der Waals surface area (Å²) in [5.74, 6) is -10.1. The molecule has 0 fully saturated rings. The van der Waals surface area contributed by atoms with Gasteiger partial charge in [-0.1, -0.05) is 13.0 Å². The molecule has 1 aromatic carbocycles. The van der Waals surface area contributed by atoms with Crippen LogP contribution in [0.2, 0.25) is 0 Å². The SMILES string of the molecule is C[C@H]1c2c(/C=C/C(=O)NC(C)(C)C)ccc(O)c2C(=O)C2=C(O)[C@]3(O)C(=O)C(C(N)=O)=C(O)[C@@H](N(C)C)[C@@H]3[C@@H](O)[C@@H]21. The van der Waals surface area contributed by atoms with Gasteiger partial charge in [0, 0.05) is 23.1 Å². The minimum absolute atomic E-state index is 0.233. The number of hydrogen-bond acceptors (Lipinski definition) is 10. The molecule has 0 spiro atoms. The highest BCUT2D eigenvalue weighted by molar-refractivity contribution is 6.25. The fraction of sp³-hybridized carbons (Fsp3) is 0.448. The van der Waals surface area contributed by atoms with Crippen LogP contribution in [0, 0.1) is 11.8 Å². The molecule has 4 rings (SSSR count). The van der Waals surface area contributed by atoms with E-state index in [1.807, 2.05) is 20.8 Å². The lowest BCUT2D eigenvalue weighted by atomic mass is 9.55. The molecule has 12 nitrogen and oxygen atoms in total. The van der Waals surface area contributed by atoms with Gasteiger partial charge in [-0.25, -0.2) is 0 Å². The average Bonchev–Trinajstić information content (AvgIpc) is 2.84. The van der Waals surface area contributed by atoms with E-state index in [0.717, 1.165) is 0 Å². The predicted molar refractivity (Wildman–Crippen MR) is 147 cm³/mol. The van der Waals surface area contributed by atoms with Crippen molar-refractivity contribution in [2.75, 3.05) is 14.1 Å². The van der Waals surface area contributed by atoms with Crippen molar-refractivity contribution in [3.63, 3.8) is 0 Å². The first kappa shape index (κ1) is 30.0. The Labute approximate surface area is 236 Å². The number of carbonyl (C=O) groups is 4. The van der Waals surface area contributed by atoms with Gasteiger partial charge in [0.15, 0.2) is 11.4 Å². The topological polar surface area (TPSA) is 211 Å². The van der Waals surface area contributed by atoms with Crippen molar-refractivity contribution in [1.82, 2.24) is 10.2 Å². The zero-order valence-corrected chi connectivity index (χ0v) is 23.6. The number of fused-ring (bicyclic) bond motifs is 3. The molecule has 0 bridgehead atoms. The van der Waals surface area contributed by atoms with Gasteiger partial charge >= 0.3 is 0 Å². The molecule has 0 aromatic heterocycles. The number of aliphatic hydroxyl groups is 4. The Bertz CT molecular complexity index is 1470. The fourth-order valence-corrected chi connectivity index (χ4v) is 6.46. The maximum Gasteiger partial charge on any atom is 0.255 e. The maximum absolute atomic E-state index is 13.9. The molecule has 0 aliphatic heterocycles. The van der Waals surface area contributed by atoms with Crippen molar-refractivity contribution in [2.24, 2.45) is 17.6 Å². The molecule has 0 saturated heterocycles. The molecule has 2 amide bonds. The average molecular weight is 570 g/mol. The van der Waals surface area contributed by atoms with Crippen molar-refractivity contribution in [2.45, 2.75) is 56.9 Å². The van der Waals surface area contributed by atoms with Crippen LogP contribution in [0.3, 0.4) is 0 Å². The Morgan fingerprint density at radius 1 is 1.12 bits per heavy atom. The van der Waals surface area contributed by atoms with Crippen LogP contribution in [0.4, 0.5) is 0 Å². The number of phenols is 1. The van der Waals surface area contributed by atoms with E-state index in [9.17, 15) is 44.7 Å². The number of nitrogens with two attached hydrogens (primary N) is 1. The molecule has 6 atom stereocenters. The van der Waals surface area contributed by atoms with Crippen LogP contribution in [0.15, 0.2) is 40.9 Å². The van der Waals surface area contributed by atoms with Crippen LogP contribution < -0.4 is 11.1 Å². The molecule has 0 unspecified atom stereocenters. The van der Waals surface area contributed by atoms with Crippen LogP contribution in [-0.4, -0.2) is 91.2 Å². The van der Waals surface area contributed by atoms with Gasteiger partial charge in [0.25, 0.3) is 5.91 Å². The van der Waals surface area contributed by atoms with Crippen molar-refractivity contribution in [3.05, 3.63) is 57.6 Å². The van der Waals surface area contributed by atoms with E-state index in [4.69, 9.17) is 5.73 Å². The third-order valence-corrected chi connectivity index (χ3v) is 8.06. The standard InChI is InChI=1S/C29H35N3O9/c1-11-15-12(8-10-14(34)31-28(2,3)4)7-9-13(33)17(15)22(35)18-16(11)23(36)20-21(32(5)6)24(37)19(27(30)40)26(39)29(20,41)25(18)38/h7-11,16,20-21,23,33,36-38,41H,1-6H3,(H2,30,40)(H,31,34)/b10-8+/t11-,16+,20+,21-,23-,29-/m0/s1. The highest BCUT2D eigenvalue weighted by Gasteiger charge is 2.67. The molecule has 0 radical (unpaired) electrons. The van der Waals surface area contributed by atoms with Crippen LogP contribution in [0.5, 0.6) is 5.75 Å². The van der Waals surface area contributed by atoms with Crippen LogP contribution >= 0.6 is 0 Å². The third kappa shape index (κ3) is 4.42. The third-order valence-electron chi connectivity index (χ3n) is 8.06. The minimum Gasteiger partial charge on any atom is -0.510 e. The highest BCUT2D eigenvalue weighted by Crippen LogP contribution is 2.56. The number of phenolic OH excluding ortho intramolecular Hbond substituents is 1. The highest BCUT2D eigenvalue weighted by atomic mass is 16.4. The molecule has 220 valence electrons. The Balaban J connectivity index is 1.95. The fourth-order valence-electron chi connectivity index (χ4n) is 6.46. The number of hydrogen-bond donors (Lipinski definition) is 7. The summed E-state index contributed by atoms with van der Waals surface area (Å²) in [5.41, 5.74) is 0.813. The van der Waals surface area contributed by atoms with Crippen molar-refractivity contribution in [1.29, 1.82) is 0 Å². The number of benzene rings is 1. The number of aliphatic hydroxyl groups excluding tert-OH is 3. The number of aromatic hydroxyl groups is 1. The lowest BCUT2D eigenvalue weighted by molar-refractivity contribution is -0.162. The molecule has 3 aliphatic rings. The normalized spacial score (nSPS) is 29.9. The largest absolute Gasteiger partial charge is 0.510 e. The first-order chi connectivity index (χ1) is 18.9. The Hall–Kier alpha value is -4.00. The summed E-state index contributed by atoms with van der Waals surface area (Å²) < 4.78 is 0. The van der Waals surface area contributed by atoms with Gasteiger partial charge in [0.2, 0.25) is 11.7 Å². The van der Waals surface area contributed by atoms with Crippen LogP contribution in [0.25, 0.3) is 6.08 Å². The summed E-state index contributed by atoms with van der Waals surface area (Å²) in [4.78, 5) is 53.3. The second-order valence-corrected chi connectivity index (χ2v) is 12.1. The second-order valence-electron chi connectivity index (χ2n) is 12.1. The lowest BCUT2D eigenvalue weighted by Gasteiger charge is -2.53. The Morgan fingerprint density at radius 3 is 2.27 bits per heavy atom. The van der Waals surface area contributed by atoms with E-state index in [1.165, 1.54) is 43.3 Å². The van der Waals surface area contributed by atoms with Gasteiger partial charge in [0.1, 0.15) is 22.8 Å². The lowest BCUT2D eigenvalue weighted by Crippen LogP contribution is -2.68. The number of ketones is 2. The van der Waals surface area contributed by atoms with Gasteiger partial charge in [-0.05, 0) is 64.1 Å². The first-order valence-electron chi connectivity index (χ1n) is 13.0. The molecule has 0 saturated carbocycles. The van der Waals surface area contributed by atoms with Crippen LogP contribution in [0.1, 0.15) is 55.1 Å². The van der Waals surface area contributed by atoms with Crippen molar-refractivity contribution in [3.8, 4) is 5.75 Å². The van der Waals surface area contributed by atoms with Gasteiger partial charge in [0.05, 0.1) is 23.6 Å². The monoisotopic (exact) mass is 569 g/mol. The molecule has 8 N–H and O–H groups in total. The van der Waals surface area contributed by atoms with Gasteiger partial charge < -0.3 is 36.6 Å². The van der Waals surface area contributed by atoms with Crippen molar-refractivity contribution >= 4 is 29.5 Å². The Morgan fingerprint density at radius 2 is 1.73 bits per heavy atom. The van der Waals surface area contributed by atoms with Gasteiger partial charge in [-0.15, -0.1) is 0 Å². The molecule has 1 aromatic rings. The number of primary amides is 1. The number of Topliss-reactive ketones (excluding diaryl/α,β-unsaturated/α-hetero) is 2. The first-order valence-corrected chi connectivity index (χ1v) is 13.0. The number of likely N-dealkylation sites (N-methyl/N-ethyl adjacent to an activating group) is 1. The summed E-state index contributed by atoms with van der Waals surface area (Å²) in [5, 5.41) is 59.3. The second kappa shape index (κ2) is 9.82. The number of carbonyl (C=O) groups excluding carboxylic acids is 4. The van der Waals surface area contributed by atoms with E-state index in [2.05, 4.69) is 5.32 Å². The zero-order valence-electron chi connectivity index (χ0n) is 23.6. The molecular formula is C29H35N3O9. The summed E-state index contributed by atoms with van der Waals surface area (Å²) in [6.07, 6.45) is 1.02. The molecule has 12 heteroatoms. The molecule has 41 heavy (non-hydrogen) atoms. The van der Waals surface area contributed by atoms with E-state index in [0.29, 0.717) is 5.56 Å². The summed E-state index contributed by atoms with van der Waals surface area (Å²) in [6, 6.07) is 1.38. The smallest absolute Gasteiger partial charge is 0.255 e. The number of nitrogens with one attached hydrogen (secondary N) is 1. The van der Waals surface area contributed by atoms with Crippen LogP contribution in [-0.2, 0) is 14.4 Å². The number of nitrogens with zero attached hydrogens (tertiary/aromatic N) is 1. The summed E-state index contributed by atoms with van der Waals surface area (Å²) in [6.45, 7) is 7.06. The van der Waals surface area contributed by atoms with E-state index < -0.39 is 92.8 Å².